The monoisotopic (exact) mass is 597 g/mol. The lowest BCUT2D eigenvalue weighted by Gasteiger charge is -2.13. The van der Waals surface area contributed by atoms with Crippen molar-refractivity contribution in [2.45, 2.75) is 0 Å². The van der Waals surface area contributed by atoms with Gasteiger partial charge in [-0.3, -0.25) is 0 Å². The largest absolute Gasteiger partial charge is 0.356 e. The van der Waals surface area contributed by atoms with E-state index in [9.17, 15) is 0 Å². The molecule has 9 aromatic rings. The first-order valence-corrected chi connectivity index (χ1v) is 16.2. The molecular formula is C46H31N. The molecule has 0 aliphatic heterocycles. The second kappa shape index (κ2) is 11.3. The minimum absolute atomic E-state index is 1.07. The predicted octanol–water partition coefficient (Wildman–Crippen LogP) is 13.0. The zero-order valence-corrected chi connectivity index (χ0v) is 25.8. The second-order valence-electron chi connectivity index (χ2n) is 12.2. The van der Waals surface area contributed by atoms with Crippen LogP contribution in [0.15, 0.2) is 182 Å². The van der Waals surface area contributed by atoms with Crippen LogP contribution in [-0.4, -0.2) is 0 Å². The molecule has 0 amide bonds. The lowest BCUT2D eigenvalue weighted by Crippen LogP contribution is -1.91. The third-order valence-corrected chi connectivity index (χ3v) is 9.42. The van der Waals surface area contributed by atoms with Gasteiger partial charge in [0.25, 0.3) is 0 Å². The van der Waals surface area contributed by atoms with Crippen molar-refractivity contribution in [3.8, 4) is 33.4 Å². The zero-order valence-electron chi connectivity index (χ0n) is 25.8. The molecule has 0 saturated heterocycles. The first-order chi connectivity index (χ1) is 23.3. The van der Waals surface area contributed by atoms with E-state index >= 15 is 0 Å². The molecule has 0 aliphatic rings. The van der Waals surface area contributed by atoms with Crippen LogP contribution in [0.3, 0.4) is 0 Å². The molecule has 1 N–H and O–H groups in total. The molecule has 1 heteroatoms. The Bertz CT molecular complexity index is 2510. The van der Waals surface area contributed by atoms with Crippen molar-refractivity contribution in [1.29, 1.82) is 0 Å². The molecule has 0 atom stereocenters. The van der Waals surface area contributed by atoms with Gasteiger partial charge in [-0.2, -0.15) is 0 Å². The van der Waals surface area contributed by atoms with Gasteiger partial charge >= 0.3 is 0 Å². The van der Waals surface area contributed by atoms with Crippen molar-refractivity contribution in [3.05, 3.63) is 182 Å². The van der Waals surface area contributed by atoms with Gasteiger partial charge in [-0.25, -0.2) is 0 Å². The van der Waals surface area contributed by atoms with Crippen LogP contribution >= 0.6 is 0 Å². The van der Waals surface area contributed by atoms with Gasteiger partial charge in [0.1, 0.15) is 0 Å². The SMILES string of the molecule is c1ccc2c(-c3ccc(-c4ccc(Nc5ccc(-c6cc7ccccc7c7ccccc67)cc5)cc4)cc3)c3ccccc3cc2c1. The molecule has 0 saturated carbocycles. The van der Waals surface area contributed by atoms with Crippen LogP contribution in [0.25, 0.3) is 76.5 Å². The van der Waals surface area contributed by atoms with Crippen LogP contribution in [0.1, 0.15) is 0 Å². The Morgan fingerprint density at radius 1 is 0.277 bits per heavy atom. The average molecular weight is 598 g/mol. The summed E-state index contributed by atoms with van der Waals surface area (Å²) in [5.74, 6) is 0. The number of hydrogen-bond donors (Lipinski definition) is 1. The third-order valence-electron chi connectivity index (χ3n) is 9.42. The van der Waals surface area contributed by atoms with Crippen LogP contribution in [0.4, 0.5) is 11.4 Å². The maximum absolute atomic E-state index is 3.59. The minimum Gasteiger partial charge on any atom is -0.356 e. The molecule has 0 radical (unpaired) electrons. The Kier molecular flexibility index (Phi) is 6.54. The van der Waals surface area contributed by atoms with Crippen molar-refractivity contribution in [1.82, 2.24) is 0 Å². The smallest absolute Gasteiger partial charge is 0.0384 e. The number of benzene rings is 9. The van der Waals surface area contributed by atoms with Crippen LogP contribution in [0.5, 0.6) is 0 Å². The molecule has 0 fully saturated rings. The highest BCUT2D eigenvalue weighted by Gasteiger charge is 2.11. The van der Waals surface area contributed by atoms with Gasteiger partial charge in [0, 0.05) is 11.4 Å². The summed E-state index contributed by atoms with van der Waals surface area (Å²) in [6, 6.07) is 65.8. The standard InChI is InChI=1S/C46H31N/c1-4-12-40-37(11-1)30-45(44-16-8-7-15-43(40)44)33-23-27-39(28-24-33)47-38-25-21-32(22-26-38)31-17-19-34(20-18-31)46-41-13-5-2-9-35(41)29-36-10-3-6-14-42(36)46/h1-30,47H. The topological polar surface area (TPSA) is 12.0 Å². The molecule has 0 spiro atoms. The first kappa shape index (κ1) is 27.2. The summed E-state index contributed by atoms with van der Waals surface area (Å²) in [6.07, 6.45) is 0. The van der Waals surface area contributed by atoms with Crippen LogP contribution < -0.4 is 5.32 Å². The Labute approximate surface area is 274 Å². The Morgan fingerprint density at radius 2 is 0.681 bits per heavy atom. The average Bonchev–Trinajstić information content (AvgIpc) is 3.14. The fourth-order valence-electron chi connectivity index (χ4n) is 7.09. The van der Waals surface area contributed by atoms with Crippen LogP contribution in [-0.2, 0) is 0 Å². The summed E-state index contributed by atoms with van der Waals surface area (Å²) >= 11 is 0. The normalized spacial score (nSPS) is 11.4. The van der Waals surface area contributed by atoms with Gasteiger partial charge in [0.15, 0.2) is 0 Å². The number of nitrogens with one attached hydrogen (secondary N) is 1. The van der Waals surface area contributed by atoms with E-state index in [-0.39, 0.29) is 0 Å². The van der Waals surface area contributed by atoms with Gasteiger partial charge in [-0.05, 0) is 113 Å². The molecule has 9 rings (SSSR count). The van der Waals surface area contributed by atoms with Gasteiger partial charge in [0.2, 0.25) is 0 Å². The quantitative estimate of drug-likeness (QED) is 0.154. The summed E-state index contributed by atoms with van der Waals surface area (Å²) in [4.78, 5) is 0. The van der Waals surface area contributed by atoms with E-state index in [4.69, 9.17) is 0 Å². The minimum atomic E-state index is 1.07. The maximum Gasteiger partial charge on any atom is 0.0384 e. The van der Waals surface area contributed by atoms with Crippen molar-refractivity contribution >= 4 is 54.5 Å². The summed E-state index contributed by atoms with van der Waals surface area (Å²) in [5.41, 5.74) is 9.54. The van der Waals surface area contributed by atoms with E-state index < -0.39 is 0 Å². The van der Waals surface area contributed by atoms with Crippen molar-refractivity contribution < 1.29 is 0 Å². The van der Waals surface area contributed by atoms with Crippen molar-refractivity contribution in [3.63, 3.8) is 0 Å². The summed E-state index contributed by atoms with van der Waals surface area (Å²) in [5, 5.41) is 13.8. The lowest BCUT2D eigenvalue weighted by atomic mass is 9.91. The molecule has 1 nitrogen and oxygen atoms in total. The highest BCUT2D eigenvalue weighted by molar-refractivity contribution is 6.14. The summed E-state index contributed by atoms with van der Waals surface area (Å²) < 4.78 is 0. The third kappa shape index (κ3) is 4.90. The molecule has 0 heterocycles. The van der Waals surface area contributed by atoms with E-state index in [1.165, 1.54) is 76.5 Å². The van der Waals surface area contributed by atoms with E-state index in [0.29, 0.717) is 0 Å². The van der Waals surface area contributed by atoms with Crippen molar-refractivity contribution in [2.75, 3.05) is 5.32 Å². The van der Waals surface area contributed by atoms with Crippen LogP contribution in [0, 0.1) is 0 Å². The highest BCUT2D eigenvalue weighted by Crippen LogP contribution is 2.38. The highest BCUT2D eigenvalue weighted by atomic mass is 14.9. The molecular weight excluding hydrogens is 567 g/mol. The van der Waals surface area contributed by atoms with Crippen molar-refractivity contribution in [2.24, 2.45) is 0 Å². The number of anilines is 2. The summed E-state index contributed by atoms with van der Waals surface area (Å²) in [6.45, 7) is 0. The zero-order chi connectivity index (χ0) is 31.2. The number of fused-ring (bicyclic) bond motifs is 5. The fraction of sp³-hybridized carbons (Fsp3) is 0. The molecule has 220 valence electrons. The number of hydrogen-bond acceptors (Lipinski definition) is 1. The van der Waals surface area contributed by atoms with Gasteiger partial charge in [0.05, 0.1) is 0 Å². The van der Waals surface area contributed by atoms with Gasteiger partial charge in [-0.15, -0.1) is 0 Å². The Balaban J connectivity index is 0.967. The molecule has 9 aromatic carbocycles. The van der Waals surface area contributed by atoms with Crippen LogP contribution in [0.2, 0.25) is 0 Å². The first-order valence-electron chi connectivity index (χ1n) is 16.2. The molecule has 47 heavy (non-hydrogen) atoms. The predicted molar refractivity (Wildman–Crippen MR) is 202 cm³/mol. The molecule has 0 aliphatic carbocycles. The Hall–Kier alpha value is -6.18. The molecule has 0 aromatic heterocycles. The molecule has 0 unspecified atom stereocenters. The van der Waals surface area contributed by atoms with Gasteiger partial charge in [-0.1, -0.05) is 146 Å². The maximum atomic E-state index is 3.59. The Morgan fingerprint density at radius 3 is 1.26 bits per heavy atom. The van der Waals surface area contributed by atoms with E-state index in [0.717, 1.165) is 11.4 Å². The summed E-state index contributed by atoms with van der Waals surface area (Å²) in [7, 11) is 0. The fourth-order valence-corrected chi connectivity index (χ4v) is 7.09. The lowest BCUT2D eigenvalue weighted by molar-refractivity contribution is 1.54. The second-order valence-corrected chi connectivity index (χ2v) is 12.2. The van der Waals surface area contributed by atoms with E-state index in [1.54, 1.807) is 0 Å². The molecule has 0 bridgehead atoms. The van der Waals surface area contributed by atoms with Gasteiger partial charge < -0.3 is 5.32 Å². The van der Waals surface area contributed by atoms with E-state index in [1.807, 2.05) is 0 Å². The number of rotatable bonds is 5. The van der Waals surface area contributed by atoms with E-state index in [2.05, 4.69) is 187 Å².